The number of alkyl halides is 1. The zero-order chi connectivity index (χ0) is 17.8. The summed E-state index contributed by atoms with van der Waals surface area (Å²) in [5, 5.41) is 3.91. The van der Waals surface area contributed by atoms with Crippen molar-refractivity contribution in [1.29, 1.82) is 0 Å². The number of likely N-dealkylation sites (tertiary alicyclic amines) is 1. The van der Waals surface area contributed by atoms with Crippen LogP contribution in [0.15, 0.2) is 28.9 Å². The number of methoxy groups -OCH3 is 1. The number of rotatable bonds is 7. The van der Waals surface area contributed by atoms with Crippen molar-refractivity contribution in [3.63, 3.8) is 0 Å². The number of hydrogen-bond acceptors (Lipinski definition) is 6. The van der Waals surface area contributed by atoms with Crippen molar-refractivity contribution in [2.24, 2.45) is 0 Å². The lowest BCUT2D eigenvalue weighted by Gasteiger charge is -2.27. The second-order valence-corrected chi connectivity index (χ2v) is 6.76. The first-order valence-electron chi connectivity index (χ1n) is 8.51. The maximum atomic E-state index is 14.0. The Morgan fingerprint density at radius 2 is 2.28 bits per heavy atom. The van der Waals surface area contributed by atoms with Gasteiger partial charge in [0.25, 0.3) is 0 Å². The highest BCUT2D eigenvalue weighted by atomic mass is 19.1. The van der Waals surface area contributed by atoms with Crippen LogP contribution in [0, 0.1) is 6.92 Å². The predicted molar refractivity (Wildman–Crippen MR) is 92.1 cm³/mol. The molecule has 0 saturated carbocycles. The minimum absolute atomic E-state index is 0.164. The Hall–Kier alpha value is -1.99. The molecule has 1 aliphatic rings. The fourth-order valence-corrected chi connectivity index (χ4v) is 3.36. The van der Waals surface area contributed by atoms with Gasteiger partial charge in [0.1, 0.15) is 6.17 Å². The van der Waals surface area contributed by atoms with Gasteiger partial charge in [-0.05, 0) is 26.0 Å². The fraction of sp³-hybridized carbons (Fsp3) is 0.556. The summed E-state index contributed by atoms with van der Waals surface area (Å²) in [6.45, 7) is 4.49. The lowest BCUT2D eigenvalue weighted by molar-refractivity contribution is 0.166. The molecule has 0 N–H and O–H groups in total. The quantitative estimate of drug-likeness (QED) is 0.766. The monoisotopic (exact) mass is 348 g/mol. The highest BCUT2D eigenvalue weighted by Gasteiger charge is 2.33. The van der Waals surface area contributed by atoms with Crippen LogP contribution in [0.5, 0.6) is 5.88 Å². The molecule has 0 bridgehead atoms. The molecule has 3 heterocycles. The van der Waals surface area contributed by atoms with Crippen molar-refractivity contribution < 1.29 is 13.7 Å². The minimum atomic E-state index is -0.787. The Labute approximate surface area is 147 Å². The van der Waals surface area contributed by atoms with Gasteiger partial charge in [-0.2, -0.15) is 0 Å². The molecule has 2 atom stereocenters. The fourth-order valence-electron chi connectivity index (χ4n) is 3.36. The number of halogens is 1. The van der Waals surface area contributed by atoms with E-state index in [4.69, 9.17) is 9.26 Å². The highest BCUT2D eigenvalue weighted by Crippen LogP contribution is 2.24. The van der Waals surface area contributed by atoms with E-state index in [0.29, 0.717) is 25.4 Å². The predicted octanol–water partition coefficient (Wildman–Crippen LogP) is 2.43. The van der Waals surface area contributed by atoms with E-state index in [1.54, 1.807) is 7.11 Å². The maximum absolute atomic E-state index is 14.0. The molecule has 1 fully saturated rings. The van der Waals surface area contributed by atoms with E-state index in [9.17, 15) is 4.39 Å². The third-order valence-electron chi connectivity index (χ3n) is 4.49. The molecule has 2 aromatic heterocycles. The molecule has 1 aliphatic heterocycles. The number of nitrogens with zero attached hydrogens (tertiary/aromatic N) is 4. The summed E-state index contributed by atoms with van der Waals surface area (Å²) in [6.07, 6.45) is 1.58. The molecule has 136 valence electrons. The first-order chi connectivity index (χ1) is 12.0. The van der Waals surface area contributed by atoms with Crippen LogP contribution in [0.4, 0.5) is 4.39 Å². The second kappa shape index (κ2) is 7.93. The Morgan fingerprint density at radius 1 is 1.44 bits per heavy atom. The lowest BCUT2D eigenvalue weighted by Crippen LogP contribution is -2.38. The van der Waals surface area contributed by atoms with E-state index in [1.165, 1.54) is 0 Å². The third kappa shape index (κ3) is 4.76. The molecule has 0 radical (unpaired) electrons. The normalized spacial score (nSPS) is 21.2. The van der Waals surface area contributed by atoms with Crippen molar-refractivity contribution >= 4 is 0 Å². The van der Waals surface area contributed by atoms with Crippen molar-refractivity contribution in [2.45, 2.75) is 38.6 Å². The largest absolute Gasteiger partial charge is 0.481 e. The molecule has 25 heavy (non-hydrogen) atoms. The van der Waals surface area contributed by atoms with E-state index in [2.05, 4.69) is 19.9 Å². The zero-order valence-electron chi connectivity index (χ0n) is 15.0. The number of pyridine rings is 1. The van der Waals surface area contributed by atoms with Crippen molar-refractivity contribution in [3.8, 4) is 5.88 Å². The zero-order valence-corrected chi connectivity index (χ0v) is 15.0. The molecular formula is C18H25FN4O2. The Kier molecular flexibility index (Phi) is 5.65. The van der Waals surface area contributed by atoms with Crippen LogP contribution in [-0.4, -0.2) is 59.4 Å². The van der Waals surface area contributed by atoms with Crippen LogP contribution in [0.3, 0.4) is 0 Å². The van der Waals surface area contributed by atoms with Crippen LogP contribution in [0.1, 0.15) is 23.4 Å². The highest BCUT2D eigenvalue weighted by molar-refractivity contribution is 5.17. The Morgan fingerprint density at radius 3 is 2.92 bits per heavy atom. The van der Waals surface area contributed by atoms with Gasteiger partial charge in [-0.15, -0.1) is 0 Å². The number of aryl methyl sites for hydroxylation is 1. The lowest BCUT2D eigenvalue weighted by atomic mass is 10.2. The molecule has 0 aliphatic carbocycles. The SMILES string of the molecule is COc1ccc(CN(C)C[C@@H]2C[C@H](F)CN2Cc2cc(C)no2)cn1. The molecule has 3 rings (SSSR count). The summed E-state index contributed by atoms with van der Waals surface area (Å²) in [7, 11) is 3.65. The Balaban J connectivity index is 1.57. The minimum Gasteiger partial charge on any atom is -0.481 e. The summed E-state index contributed by atoms with van der Waals surface area (Å²) in [5.74, 6) is 1.40. The molecule has 0 aromatic carbocycles. The van der Waals surface area contributed by atoms with Gasteiger partial charge in [0.05, 0.1) is 19.3 Å². The van der Waals surface area contributed by atoms with E-state index in [1.807, 2.05) is 38.4 Å². The molecule has 1 saturated heterocycles. The number of ether oxygens (including phenoxy) is 1. The van der Waals surface area contributed by atoms with E-state index in [0.717, 1.165) is 30.1 Å². The van der Waals surface area contributed by atoms with E-state index >= 15 is 0 Å². The van der Waals surface area contributed by atoms with Crippen LogP contribution >= 0.6 is 0 Å². The molecular weight excluding hydrogens is 323 g/mol. The summed E-state index contributed by atoms with van der Waals surface area (Å²) >= 11 is 0. The summed E-state index contributed by atoms with van der Waals surface area (Å²) < 4.78 is 24.3. The van der Waals surface area contributed by atoms with Crippen LogP contribution < -0.4 is 4.74 Å². The van der Waals surface area contributed by atoms with Gasteiger partial charge in [0.2, 0.25) is 5.88 Å². The average Bonchev–Trinajstić information content (AvgIpc) is 3.14. The molecule has 7 heteroatoms. The van der Waals surface area contributed by atoms with Gasteiger partial charge in [-0.3, -0.25) is 4.90 Å². The second-order valence-electron chi connectivity index (χ2n) is 6.76. The first-order valence-corrected chi connectivity index (χ1v) is 8.51. The van der Waals surface area contributed by atoms with Crippen LogP contribution in [-0.2, 0) is 13.1 Å². The molecule has 0 amide bonds. The summed E-state index contributed by atoms with van der Waals surface area (Å²) in [5.41, 5.74) is 1.96. The van der Waals surface area contributed by atoms with E-state index in [-0.39, 0.29) is 6.04 Å². The van der Waals surface area contributed by atoms with Gasteiger partial charge in [-0.1, -0.05) is 11.2 Å². The van der Waals surface area contributed by atoms with Gasteiger partial charge in [-0.25, -0.2) is 9.37 Å². The topological polar surface area (TPSA) is 54.6 Å². The summed E-state index contributed by atoms with van der Waals surface area (Å²) in [6, 6.07) is 5.94. The van der Waals surface area contributed by atoms with Crippen molar-refractivity contribution in [1.82, 2.24) is 19.9 Å². The van der Waals surface area contributed by atoms with Crippen LogP contribution in [0.2, 0.25) is 0 Å². The molecule has 0 unspecified atom stereocenters. The third-order valence-corrected chi connectivity index (χ3v) is 4.49. The average molecular weight is 348 g/mol. The molecule has 6 nitrogen and oxygen atoms in total. The van der Waals surface area contributed by atoms with Gasteiger partial charge < -0.3 is 14.2 Å². The smallest absolute Gasteiger partial charge is 0.212 e. The number of aromatic nitrogens is 2. The van der Waals surface area contributed by atoms with Gasteiger partial charge in [0.15, 0.2) is 5.76 Å². The van der Waals surface area contributed by atoms with Crippen molar-refractivity contribution in [3.05, 3.63) is 41.4 Å². The van der Waals surface area contributed by atoms with E-state index < -0.39 is 6.17 Å². The standard InChI is InChI=1S/C18H25FN4O2/c1-13-6-17(25-21-13)12-23-10-15(19)7-16(23)11-22(2)9-14-4-5-18(24-3)20-8-14/h4-6,8,15-16H,7,9-12H2,1-3H3/t15-,16-/m0/s1. The first kappa shape index (κ1) is 17.8. The molecule has 0 spiro atoms. The maximum Gasteiger partial charge on any atom is 0.212 e. The van der Waals surface area contributed by atoms with Gasteiger partial charge in [0, 0.05) is 44.0 Å². The number of hydrogen-bond donors (Lipinski definition) is 0. The van der Waals surface area contributed by atoms with Crippen LogP contribution in [0.25, 0.3) is 0 Å². The molecule has 2 aromatic rings. The summed E-state index contributed by atoms with van der Waals surface area (Å²) in [4.78, 5) is 8.57. The number of likely N-dealkylation sites (N-methyl/N-ethyl adjacent to an activating group) is 1. The Bertz CT molecular complexity index is 676. The van der Waals surface area contributed by atoms with Gasteiger partial charge >= 0.3 is 0 Å². The van der Waals surface area contributed by atoms with Crippen molar-refractivity contribution in [2.75, 3.05) is 27.2 Å².